The summed E-state index contributed by atoms with van der Waals surface area (Å²) in [6, 6.07) is 9.83. The number of anilines is 2. The molecule has 162 valence electrons. The van der Waals surface area contributed by atoms with E-state index in [9.17, 15) is 23.5 Å². The van der Waals surface area contributed by atoms with Crippen LogP contribution < -0.4 is 10.2 Å². The van der Waals surface area contributed by atoms with Crippen molar-refractivity contribution in [1.82, 2.24) is 4.90 Å². The average molecular weight is 427 g/mol. The second-order valence-electron chi connectivity index (χ2n) is 7.73. The zero-order valence-electron chi connectivity index (χ0n) is 16.9. The molecule has 0 radical (unpaired) electrons. The van der Waals surface area contributed by atoms with Gasteiger partial charge < -0.3 is 15.3 Å². The van der Waals surface area contributed by atoms with Crippen molar-refractivity contribution in [3.63, 3.8) is 0 Å². The molecule has 0 atom stereocenters. The molecule has 0 aromatic heterocycles. The number of nitrogens with zero attached hydrogens (tertiary/aromatic N) is 2. The Hall–Kier alpha value is -3.42. The molecule has 2 N–H and O–H groups in total. The molecule has 1 saturated heterocycles. The molecular weight excluding hydrogens is 404 g/mol. The Morgan fingerprint density at radius 3 is 2.26 bits per heavy atom. The first-order chi connectivity index (χ1) is 14.9. The van der Waals surface area contributed by atoms with Crippen LogP contribution >= 0.6 is 0 Å². The van der Waals surface area contributed by atoms with Gasteiger partial charge in [-0.25, -0.2) is 8.78 Å². The molecule has 2 aromatic rings. The van der Waals surface area contributed by atoms with E-state index in [1.165, 1.54) is 24.9 Å². The predicted molar refractivity (Wildman–Crippen MR) is 113 cm³/mol. The molecule has 0 aliphatic carbocycles. The van der Waals surface area contributed by atoms with E-state index in [2.05, 4.69) is 22.3 Å². The summed E-state index contributed by atoms with van der Waals surface area (Å²) in [4.78, 5) is 28.3. The van der Waals surface area contributed by atoms with Crippen LogP contribution in [0.25, 0.3) is 0 Å². The van der Waals surface area contributed by atoms with Crippen LogP contribution in [-0.2, 0) is 16.0 Å². The van der Waals surface area contributed by atoms with Crippen molar-refractivity contribution in [2.45, 2.75) is 25.7 Å². The van der Waals surface area contributed by atoms with Crippen LogP contribution in [0.2, 0.25) is 0 Å². The first-order valence-corrected chi connectivity index (χ1v) is 10.3. The van der Waals surface area contributed by atoms with Gasteiger partial charge >= 0.3 is 0 Å². The minimum Gasteiger partial charge on any atom is -0.503 e. The number of amides is 2. The third-order valence-corrected chi connectivity index (χ3v) is 5.59. The maximum absolute atomic E-state index is 13.5. The standard InChI is InChI=1S/C23H23F2N3O3/c24-18-12-16(13-19(25)22(18)30)26-20-14-21(29)28(23(20)31)11-8-15-4-6-17(7-5-15)27-9-2-1-3-10-27/h4-7,12-14,26,30H,1-3,8-11H2. The molecule has 2 aliphatic heterocycles. The molecule has 2 aliphatic rings. The second-order valence-corrected chi connectivity index (χ2v) is 7.73. The number of hydrogen-bond acceptors (Lipinski definition) is 5. The number of carbonyl (C=O) groups excluding carboxylic acids is 2. The lowest BCUT2D eigenvalue weighted by Crippen LogP contribution is -2.34. The van der Waals surface area contributed by atoms with E-state index < -0.39 is 29.2 Å². The predicted octanol–water partition coefficient (Wildman–Crippen LogP) is 3.57. The van der Waals surface area contributed by atoms with E-state index in [-0.39, 0.29) is 17.9 Å². The number of benzene rings is 2. The molecule has 31 heavy (non-hydrogen) atoms. The van der Waals surface area contributed by atoms with Gasteiger partial charge in [0.1, 0.15) is 5.70 Å². The minimum absolute atomic E-state index is 0.0737. The molecule has 2 amide bonds. The fourth-order valence-corrected chi connectivity index (χ4v) is 3.87. The number of aromatic hydroxyl groups is 1. The summed E-state index contributed by atoms with van der Waals surface area (Å²) in [5.74, 6) is -4.48. The fraction of sp³-hybridized carbons (Fsp3) is 0.304. The van der Waals surface area contributed by atoms with Crippen LogP contribution in [0.5, 0.6) is 5.75 Å². The van der Waals surface area contributed by atoms with E-state index in [1.54, 1.807) is 0 Å². The number of rotatable bonds is 6. The van der Waals surface area contributed by atoms with Crippen LogP contribution in [0.1, 0.15) is 24.8 Å². The molecule has 0 bridgehead atoms. The highest BCUT2D eigenvalue weighted by Crippen LogP contribution is 2.26. The second kappa shape index (κ2) is 8.75. The summed E-state index contributed by atoms with van der Waals surface area (Å²) >= 11 is 0. The first kappa shape index (κ1) is 20.8. The van der Waals surface area contributed by atoms with Crippen molar-refractivity contribution >= 4 is 23.2 Å². The van der Waals surface area contributed by atoms with Gasteiger partial charge in [-0.2, -0.15) is 0 Å². The topological polar surface area (TPSA) is 72.9 Å². The van der Waals surface area contributed by atoms with Crippen LogP contribution in [0.15, 0.2) is 48.2 Å². The molecule has 2 aromatic carbocycles. The monoisotopic (exact) mass is 427 g/mol. The van der Waals surface area contributed by atoms with Gasteiger partial charge in [0.25, 0.3) is 11.8 Å². The van der Waals surface area contributed by atoms with Gasteiger partial charge in [0, 0.05) is 49.2 Å². The molecule has 0 saturated carbocycles. The van der Waals surface area contributed by atoms with Gasteiger partial charge in [0.05, 0.1) is 0 Å². The summed E-state index contributed by atoms with van der Waals surface area (Å²) in [6.07, 6.45) is 5.28. The Labute approximate surface area is 178 Å². The maximum atomic E-state index is 13.5. The molecule has 0 unspecified atom stereocenters. The van der Waals surface area contributed by atoms with Gasteiger partial charge in [0.2, 0.25) is 0 Å². The number of hydrogen-bond donors (Lipinski definition) is 2. The maximum Gasteiger partial charge on any atom is 0.277 e. The van der Waals surface area contributed by atoms with Crippen LogP contribution in [0.3, 0.4) is 0 Å². The normalized spacial score (nSPS) is 16.6. The van der Waals surface area contributed by atoms with Gasteiger partial charge in [-0.1, -0.05) is 12.1 Å². The van der Waals surface area contributed by atoms with Crippen molar-refractivity contribution in [3.8, 4) is 5.75 Å². The third-order valence-electron chi connectivity index (χ3n) is 5.59. The lowest BCUT2D eigenvalue weighted by atomic mass is 10.1. The molecule has 2 heterocycles. The number of phenols is 1. The van der Waals surface area contributed by atoms with E-state index in [0.717, 1.165) is 41.8 Å². The van der Waals surface area contributed by atoms with Gasteiger partial charge in [0.15, 0.2) is 17.4 Å². The van der Waals surface area contributed by atoms with Crippen LogP contribution in [0, 0.1) is 11.6 Å². The van der Waals surface area contributed by atoms with E-state index in [1.807, 2.05) is 12.1 Å². The first-order valence-electron chi connectivity index (χ1n) is 10.3. The lowest BCUT2D eigenvalue weighted by molar-refractivity contribution is -0.137. The Morgan fingerprint density at radius 1 is 0.968 bits per heavy atom. The van der Waals surface area contributed by atoms with E-state index >= 15 is 0 Å². The van der Waals surface area contributed by atoms with E-state index in [4.69, 9.17) is 0 Å². The number of phenolic OH excluding ortho intramolecular Hbond substituents is 1. The Bertz CT molecular complexity index is 1010. The highest BCUT2D eigenvalue weighted by atomic mass is 19.1. The van der Waals surface area contributed by atoms with Gasteiger partial charge in [-0.05, 0) is 43.4 Å². The van der Waals surface area contributed by atoms with Crippen molar-refractivity contribution in [1.29, 1.82) is 0 Å². The SMILES string of the molecule is O=C1C=C(Nc2cc(F)c(O)c(F)c2)C(=O)N1CCc1ccc(N2CCCCC2)cc1. The minimum atomic E-state index is -1.16. The summed E-state index contributed by atoms with van der Waals surface area (Å²) in [5.41, 5.74) is 2.04. The van der Waals surface area contributed by atoms with E-state index in [0.29, 0.717) is 6.42 Å². The van der Waals surface area contributed by atoms with Crippen molar-refractivity contribution in [2.24, 2.45) is 0 Å². The number of imide groups is 1. The third kappa shape index (κ3) is 4.52. The van der Waals surface area contributed by atoms with Crippen LogP contribution in [-0.4, -0.2) is 41.5 Å². The molecular formula is C23H23F2N3O3. The summed E-state index contributed by atoms with van der Waals surface area (Å²) in [5, 5.41) is 11.7. The highest BCUT2D eigenvalue weighted by Gasteiger charge is 2.31. The quantitative estimate of drug-likeness (QED) is 0.545. The largest absolute Gasteiger partial charge is 0.503 e. The Balaban J connectivity index is 1.36. The molecule has 0 spiro atoms. The molecule has 1 fully saturated rings. The number of carbonyl (C=O) groups is 2. The number of halogens is 2. The molecule has 4 rings (SSSR count). The number of piperidine rings is 1. The summed E-state index contributed by atoms with van der Waals surface area (Å²) in [6.45, 7) is 2.32. The summed E-state index contributed by atoms with van der Waals surface area (Å²) < 4.78 is 27.0. The Morgan fingerprint density at radius 2 is 1.61 bits per heavy atom. The zero-order valence-corrected chi connectivity index (χ0v) is 16.9. The molecule has 6 nitrogen and oxygen atoms in total. The average Bonchev–Trinajstić information content (AvgIpc) is 3.04. The lowest BCUT2D eigenvalue weighted by Gasteiger charge is -2.28. The van der Waals surface area contributed by atoms with Gasteiger partial charge in [-0.15, -0.1) is 0 Å². The van der Waals surface area contributed by atoms with Crippen molar-refractivity contribution in [3.05, 3.63) is 65.4 Å². The smallest absolute Gasteiger partial charge is 0.277 e. The van der Waals surface area contributed by atoms with Crippen molar-refractivity contribution < 1.29 is 23.5 Å². The van der Waals surface area contributed by atoms with Crippen LogP contribution in [0.4, 0.5) is 20.2 Å². The van der Waals surface area contributed by atoms with Crippen molar-refractivity contribution in [2.75, 3.05) is 29.9 Å². The fourth-order valence-electron chi connectivity index (χ4n) is 3.87. The summed E-state index contributed by atoms with van der Waals surface area (Å²) in [7, 11) is 0. The highest BCUT2D eigenvalue weighted by molar-refractivity contribution is 6.17. The number of nitrogens with one attached hydrogen (secondary N) is 1. The zero-order chi connectivity index (χ0) is 22.0. The molecule has 8 heteroatoms. The van der Waals surface area contributed by atoms with Gasteiger partial charge in [-0.3, -0.25) is 14.5 Å². The Kier molecular flexibility index (Phi) is 5.88.